The number of rotatable bonds is 1. The summed E-state index contributed by atoms with van der Waals surface area (Å²) in [6.45, 7) is 1.57. The van der Waals surface area contributed by atoms with Crippen LogP contribution < -0.4 is 5.32 Å². The molecule has 104 valence electrons. The molecule has 2 atom stereocenters. The van der Waals surface area contributed by atoms with Crippen molar-refractivity contribution in [2.45, 2.75) is 50.2 Å². The van der Waals surface area contributed by atoms with Gasteiger partial charge in [-0.2, -0.15) is 0 Å². The number of para-hydroxylation sites is 1. The molecule has 1 N–H and O–H groups in total. The van der Waals surface area contributed by atoms with Gasteiger partial charge in [-0.1, -0.05) is 29.8 Å². The predicted octanol–water partition coefficient (Wildman–Crippen LogP) is 2.99. The number of hydrogen-bond donors (Lipinski definition) is 1. The first kappa shape index (κ1) is 11.9. The molecule has 2 aliphatic heterocycles. The van der Waals surface area contributed by atoms with E-state index in [4.69, 9.17) is 4.84 Å². The van der Waals surface area contributed by atoms with Gasteiger partial charge in [-0.3, -0.25) is 4.79 Å². The van der Waals surface area contributed by atoms with E-state index in [2.05, 4.69) is 28.7 Å². The van der Waals surface area contributed by atoms with Crippen molar-refractivity contribution in [1.29, 1.82) is 0 Å². The second-order valence-electron chi connectivity index (χ2n) is 6.15. The number of carbonyl (C=O) groups is 1. The molecule has 0 bridgehead atoms. The average molecular weight is 270 g/mol. The number of anilines is 1. The van der Waals surface area contributed by atoms with Crippen LogP contribution in [0, 0.1) is 0 Å². The van der Waals surface area contributed by atoms with Crippen molar-refractivity contribution in [3.8, 4) is 0 Å². The molecular formula is C16H18N2O2. The Morgan fingerprint density at radius 3 is 2.95 bits per heavy atom. The lowest BCUT2D eigenvalue weighted by atomic mass is 9.62. The van der Waals surface area contributed by atoms with Gasteiger partial charge in [0.1, 0.15) is 5.71 Å². The highest BCUT2D eigenvalue weighted by Crippen LogP contribution is 2.59. The fourth-order valence-electron chi connectivity index (χ4n) is 4.13. The zero-order chi connectivity index (χ0) is 13.8. The van der Waals surface area contributed by atoms with E-state index < -0.39 is 5.72 Å². The molecule has 0 amide bonds. The number of ketones is 1. The number of nitrogens with zero attached hydrogens (tertiary/aromatic N) is 1. The van der Waals surface area contributed by atoms with E-state index in [1.54, 1.807) is 6.92 Å². The van der Waals surface area contributed by atoms with Gasteiger partial charge in [0.15, 0.2) is 5.78 Å². The normalized spacial score (nSPS) is 34.0. The van der Waals surface area contributed by atoms with E-state index in [9.17, 15) is 4.79 Å². The third-order valence-electron chi connectivity index (χ3n) is 5.12. The summed E-state index contributed by atoms with van der Waals surface area (Å²) in [5, 5.41) is 7.69. The summed E-state index contributed by atoms with van der Waals surface area (Å²) in [5.74, 6) is 0.0166. The lowest BCUT2D eigenvalue weighted by Crippen LogP contribution is -2.59. The highest BCUT2D eigenvalue weighted by Gasteiger charge is 2.63. The van der Waals surface area contributed by atoms with E-state index >= 15 is 0 Å². The average Bonchev–Trinajstić information content (AvgIpc) is 2.77. The maximum absolute atomic E-state index is 11.7. The largest absolute Gasteiger partial charge is 0.366 e. The van der Waals surface area contributed by atoms with Gasteiger partial charge in [0.2, 0.25) is 5.72 Å². The first-order chi connectivity index (χ1) is 9.67. The van der Waals surface area contributed by atoms with Crippen LogP contribution in [-0.4, -0.2) is 17.2 Å². The summed E-state index contributed by atoms with van der Waals surface area (Å²) in [6, 6.07) is 8.37. The Bertz CT molecular complexity index is 625. The quantitative estimate of drug-likeness (QED) is 0.853. The maximum Gasteiger partial charge on any atom is 0.217 e. The molecule has 3 aliphatic rings. The van der Waals surface area contributed by atoms with Crippen LogP contribution in [0.1, 0.15) is 44.6 Å². The number of oxime groups is 1. The first-order valence-electron chi connectivity index (χ1n) is 7.31. The van der Waals surface area contributed by atoms with E-state index in [1.807, 2.05) is 6.07 Å². The highest BCUT2D eigenvalue weighted by molar-refractivity contribution is 6.39. The summed E-state index contributed by atoms with van der Waals surface area (Å²) in [5.41, 5.74) is 2.40. The molecule has 1 aliphatic carbocycles. The van der Waals surface area contributed by atoms with E-state index in [1.165, 1.54) is 12.0 Å². The van der Waals surface area contributed by atoms with Crippen LogP contribution in [0.4, 0.5) is 5.69 Å². The van der Waals surface area contributed by atoms with Crippen LogP contribution in [0.3, 0.4) is 0 Å². The number of hydrogen-bond acceptors (Lipinski definition) is 4. The van der Waals surface area contributed by atoms with Crippen molar-refractivity contribution in [2.75, 3.05) is 5.32 Å². The van der Waals surface area contributed by atoms with Crippen LogP contribution in [0.25, 0.3) is 0 Å². The topological polar surface area (TPSA) is 50.7 Å². The third kappa shape index (κ3) is 1.31. The molecule has 4 nitrogen and oxygen atoms in total. The summed E-state index contributed by atoms with van der Waals surface area (Å²) < 4.78 is 0. The molecule has 1 saturated carbocycles. The van der Waals surface area contributed by atoms with E-state index in [0.717, 1.165) is 24.9 Å². The van der Waals surface area contributed by atoms with E-state index in [-0.39, 0.29) is 11.2 Å². The van der Waals surface area contributed by atoms with Gasteiger partial charge in [0.25, 0.3) is 0 Å². The minimum absolute atomic E-state index is 0.0166. The molecule has 4 rings (SSSR count). The Labute approximate surface area is 118 Å². The molecule has 0 radical (unpaired) electrons. The second-order valence-corrected chi connectivity index (χ2v) is 6.15. The van der Waals surface area contributed by atoms with Gasteiger partial charge in [0, 0.05) is 25.5 Å². The number of carbonyl (C=O) groups excluding carboxylic acids is 1. The zero-order valence-electron chi connectivity index (χ0n) is 11.6. The lowest BCUT2D eigenvalue weighted by molar-refractivity contribution is -0.118. The van der Waals surface area contributed by atoms with Gasteiger partial charge in [-0.05, 0) is 24.5 Å². The molecule has 1 fully saturated rings. The predicted molar refractivity (Wildman–Crippen MR) is 76.8 cm³/mol. The summed E-state index contributed by atoms with van der Waals surface area (Å²) >= 11 is 0. The van der Waals surface area contributed by atoms with Gasteiger partial charge in [-0.25, -0.2) is 0 Å². The Balaban J connectivity index is 1.90. The van der Waals surface area contributed by atoms with Crippen LogP contribution >= 0.6 is 0 Å². The van der Waals surface area contributed by atoms with Crippen molar-refractivity contribution < 1.29 is 9.63 Å². The summed E-state index contributed by atoms with van der Waals surface area (Å²) in [4.78, 5) is 17.6. The van der Waals surface area contributed by atoms with Gasteiger partial charge in [-0.15, -0.1) is 0 Å². The van der Waals surface area contributed by atoms with Crippen molar-refractivity contribution in [2.24, 2.45) is 5.16 Å². The molecule has 0 saturated heterocycles. The van der Waals surface area contributed by atoms with E-state index in [0.29, 0.717) is 12.1 Å². The maximum atomic E-state index is 11.7. The SMILES string of the molecule is CC(=O)C1=NOC23CCCCC2(C1)c1ccccc1N3. The molecule has 4 heteroatoms. The minimum atomic E-state index is -0.451. The van der Waals surface area contributed by atoms with Gasteiger partial charge < -0.3 is 10.2 Å². The summed E-state index contributed by atoms with van der Waals surface area (Å²) in [6.07, 6.45) is 4.98. The summed E-state index contributed by atoms with van der Waals surface area (Å²) in [7, 11) is 0. The Morgan fingerprint density at radius 1 is 1.30 bits per heavy atom. The number of nitrogens with one attached hydrogen (secondary N) is 1. The fraction of sp³-hybridized carbons (Fsp3) is 0.500. The monoisotopic (exact) mass is 270 g/mol. The minimum Gasteiger partial charge on any atom is -0.366 e. The van der Waals surface area contributed by atoms with Crippen LogP contribution in [0.5, 0.6) is 0 Å². The van der Waals surface area contributed by atoms with Gasteiger partial charge >= 0.3 is 0 Å². The zero-order valence-corrected chi connectivity index (χ0v) is 11.6. The van der Waals surface area contributed by atoms with Crippen molar-refractivity contribution >= 4 is 17.2 Å². The first-order valence-corrected chi connectivity index (χ1v) is 7.31. The molecule has 2 unspecified atom stereocenters. The van der Waals surface area contributed by atoms with Crippen LogP contribution in [-0.2, 0) is 15.0 Å². The van der Waals surface area contributed by atoms with Crippen molar-refractivity contribution in [3.63, 3.8) is 0 Å². The number of fused-ring (bicyclic) bond motifs is 1. The fourth-order valence-corrected chi connectivity index (χ4v) is 4.13. The standard InChI is InChI=1S/C16H18N2O2/c1-11(19)14-10-15-8-4-5-9-16(15,20-18-14)17-13-7-3-2-6-12(13)15/h2-3,6-7,17H,4-5,8-10H2,1H3. The van der Waals surface area contributed by atoms with Gasteiger partial charge in [0.05, 0.1) is 5.41 Å². The van der Waals surface area contributed by atoms with Crippen LogP contribution in [0.15, 0.2) is 29.4 Å². The molecular weight excluding hydrogens is 252 g/mol. The highest BCUT2D eigenvalue weighted by atomic mass is 16.7. The Morgan fingerprint density at radius 2 is 2.10 bits per heavy atom. The molecule has 0 spiro atoms. The smallest absolute Gasteiger partial charge is 0.217 e. The Hall–Kier alpha value is -1.84. The lowest BCUT2D eigenvalue weighted by Gasteiger charge is -2.49. The third-order valence-corrected chi connectivity index (χ3v) is 5.12. The Kier molecular flexibility index (Phi) is 2.29. The molecule has 1 aromatic carbocycles. The van der Waals surface area contributed by atoms with Crippen LogP contribution in [0.2, 0.25) is 0 Å². The molecule has 1 aromatic rings. The van der Waals surface area contributed by atoms with Crippen molar-refractivity contribution in [3.05, 3.63) is 29.8 Å². The second kappa shape index (κ2) is 3.84. The number of benzene rings is 1. The number of Topliss-reactive ketones (excluding diaryl/α,β-unsaturated/α-hetero) is 1. The molecule has 0 aromatic heterocycles. The molecule has 20 heavy (non-hydrogen) atoms. The van der Waals surface area contributed by atoms with Crippen molar-refractivity contribution in [1.82, 2.24) is 0 Å². The molecule has 2 heterocycles.